The molecule has 1 aromatic carbocycles. The second-order valence-electron chi connectivity index (χ2n) is 3.59. The van der Waals surface area contributed by atoms with Crippen molar-refractivity contribution in [2.75, 3.05) is 0 Å². The number of carbonyl (C=O) groups excluding carboxylic acids is 1. The summed E-state index contributed by atoms with van der Waals surface area (Å²) in [7, 11) is 0. The lowest BCUT2D eigenvalue weighted by atomic mass is 10.1. The molecule has 0 bridgehead atoms. The average Bonchev–Trinajstić information content (AvgIpc) is 2.63. The van der Waals surface area contributed by atoms with Gasteiger partial charge in [0.05, 0.1) is 9.36 Å². The molecule has 0 saturated carbocycles. The number of hydrogen-bond donors (Lipinski definition) is 0. The lowest BCUT2D eigenvalue weighted by molar-refractivity contribution is 0.0993. The van der Waals surface area contributed by atoms with Gasteiger partial charge >= 0.3 is 0 Å². The number of rotatable bonds is 3. The van der Waals surface area contributed by atoms with Gasteiger partial charge in [-0.15, -0.1) is 11.3 Å². The van der Waals surface area contributed by atoms with Gasteiger partial charge in [-0.1, -0.05) is 40.9 Å². The molecule has 0 aliphatic carbocycles. The van der Waals surface area contributed by atoms with Gasteiger partial charge in [0.2, 0.25) is 0 Å². The normalized spacial score (nSPS) is 10.7. The van der Waals surface area contributed by atoms with Crippen molar-refractivity contribution < 1.29 is 9.18 Å². The maximum Gasteiger partial charge on any atom is 0.169 e. The van der Waals surface area contributed by atoms with E-state index in [1.807, 2.05) is 0 Å². The highest BCUT2D eigenvalue weighted by molar-refractivity contribution is 7.20. The van der Waals surface area contributed by atoms with Crippen LogP contribution in [-0.4, -0.2) is 5.78 Å². The molecule has 0 atom stereocenters. The third-order valence-electron chi connectivity index (χ3n) is 2.31. The minimum Gasteiger partial charge on any atom is -0.294 e. The molecule has 1 heterocycles. The molecule has 94 valence electrons. The van der Waals surface area contributed by atoms with Crippen molar-refractivity contribution in [1.82, 2.24) is 0 Å². The van der Waals surface area contributed by atoms with Gasteiger partial charge in [0.15, 0.2) is 5.78 Å². The van der Waals surface area contributed by atoms with Crippen LogP contribution in [0.5, 0.6) is 0 Å². The van der Waals surface area contributed by atoms with Gasteiger partial charge in [-0.05, 0) is 23.8 Å². The Morgan fingerprint density at radius 3 is 2.50 bits per heavy atom. The fraction of sp³-hybridized carbons (Fsp3) is 0.0833. The average molecular weight is 324 g/mol. The smallest absolute Gasteiger partial charge is 0.169 e. The number of Topliss-reactive ketones (excluding diaryl/α,β-unsaturated/α-hetero) is 1. The second kappa shape index (κ2) is 5.57. The number of carbonyl (C=O) groups is 1. The maximum absolute atomic E-state index is 13.2. The molecule has 1 aromatic heterocycles. The molecule has 0 aliphatic heterocycles. The Hall–Kier alpha value is -0.610. The van der Waals surface area contributed by atoms with Crippen LogP contribution in [0.3, 0.4) is 0 Å². The first-order valence-corrected chi connectivity index (χ1v) is 6.84. The molecule has 0 amide bonds. The molecule has 0 saturated heterocycles. The van der Waals surface area contributed by atoms with Crippen LogP contribution in [0.15, 0.2) is 24.3 Å². The largest absolute Gasteiger partial charge is 0.294 e. The molecule has 0 radical (unpaired) electrons. The predicted octanol–water partition coefficient (Wildman–Crippen LogP) is 5.27. The Bertz CT molecular complexity index is 609. The van der Waals surface area contributed by atoms with Crippen molar-refractivity contribution in [1.29, 1.82) is 0 Å². The van der Waals surface area contributed by atoms with E-state index in [4.69, 9.17) is 34.8 Å². The first-order chi connectivity index (χ1) is 8.47. The molecular formula is C12H6Cl3FOS. The standard InChI is InChI=1S/C12H6Cl3FOS/c13-8-2-1-6(3-9(8)16)4-10(17)7-5-11(14)18-12(7)15/h1-3,5H,4H2. The molecule has 0 N–H and O–H groups in total. The number of ketones is 1. The Morgan fingerprint density at radius 1 is 1.22 bits per heavy atom. The summed E-state index contributed by atoms with van der Waals surface area (Å²) in [6.45, 7) is 0. The molecule has 1 nitrogen and oxygen atoms in total. The van der Waals surface area contributed by atoms with E-state index >= 15 is 0 Å². The van der Waals surface area contributed by atoms with Crippen molar-refractivity contribution >= 4 is 51.9 Å². The van der Waals surface area contributed by atoms with Crippen LogP contribution < -0.4 is 0 Å². The fourth-order valence-corrected chi connectivity index (χ4v) is 3.08. The summed E-state index contributed by atoms with van der Waals surface area (Å²) in [6, 6.07) is 5.78. The molecule has 0 fully saturated rings. The van der Waals surface area contributed by atoms with E-state index in [0.717, 1.165) is 11.3 Å². The van der Waals surface area contributed by atoms with Crippen LogP contribution in [-0.2, 0) is 6.42 Å². The zero-order valence-corrected chi connectivity index (χ0v) is 11.9. The first kappa shape index (κ1) is 13.8. The summed E-state index contributed by atoms with van der Waals surface area (Å²) in [4.78, 5) is 12.0. The van der Waals surface area contributed by atoms with Gasteiger partial charge in [0.1, 0.15) is 10.2 Å². The van der Waals surface area contributed by atoms with E-state index < -0.39 is 5.82 Å². The van der Waals surface area contributed by atoms with Gasteiger partial charge in [0, 0.05) is 12.0 Å². The summed E-state index contributed by atoms with van der Waals surface area (Å²) in [5.74, 6) is -0.749. The van der Waals surface area contributed by atoms with E-state index in [2.05, 4.69) is 0 Å². The Labute approximate surface area is 122 Å². The SMILES string of the molecule is O=C(Cc1ccc(Cl)c(F)c1)c1cc(Cl)sc1Cl. The molecule has 6 heteroatoms. The quantitative estimate of drug-likeness (QED) is 0.703. The molecule has 18 heavy (non-hydrogen) atoms. The lowest BCUT2D eigenvalue weighted by Gasteiger charge is -2.01. The highest BCUT2D eigenvalue weighted by Gasteiger charge is 2.15. The monoisotopic (exact) mass is 322 g/mol. The van der Waals surface area contributed by atoms with Gasteiger partial charge < -0.3 is 0 Å². The number of benzene rings is 1. The Morgan fingerprint density at radius 2 is 1.94 bits per heavy atom. The lowest BCUT2D eigenvalue weighted by Crippen LogP contribution is -2.03. The van der Waals surface area contributed by atoms with Crippen molar-refractivity contribution in [2.45, 2.75) is 6.42 Å². The minimum atomic E-state index is -0.545. The molecular weight excluding hydrogens is 318 g/mol. The predicted molar refractivity (Wildman–Crippen MR) is 73.8 cm³/mol. The highest BCUT2D eigenvalue weighted by atomic mass is 35.5. The van der Waals surface area contributed by atoms with E-state index in [1.54, 1.807) is 6.07 Å². The zero-order valence-electron chi connectivity index (χ0n) is 8.84. The zero-order chi connectivity index (χ0) is 13.3. The summed E-state index contributed by atoms with van der Waals surface area (Å²) in [5.41, 5.74) is 0.905. The Balaban J connectivity index is 2.21. The second-order valence-corrected chi connectivity index (χ2v) is 6.28. The van der Waals surface area contributed by atoms with Gasteiger partial charge in [-0.3, -0.25) is 4.79 Å². The summed E-state index contributed by atoms with van der Waals surface area (Å²) in [6.07, 6.45) is 0.0564. The Kier molecular flexibility index (Phi) is 4.28. The minimum absolute atomic E-state index is 0.0304. The van der Waals surface area contributed by atoms with Crippen LogP contribution in [0, 0.1) is 5.82 Å². The van der Waals surface area contributed by atoms with Crippen molar-refractivity contribution in [3.8, 4) is 0 Å². The van der Waals surface area contributed by atoms with Crippen LogP contribution in [0.2, 0.25) is 13.7 Å². The molecule has 0 unspecified atom stereocenters. The summed E-state index contributed by atoms with van der Waals surface area (Å²) < 4.78 is 14.0. The van der Waals surface area contributed by atoms with Crippen LogP contribution >= 0.6 is 46.1 Å². The van der Waals surface area contributed by atoms with Crippen molar-refractivity contribution in [3.05, 3.63) is 54.9 Å². The first-order valence-electron chi connectivity index (χ1n) is 4.89. The number of hydrogen-bond acceptors (Lipinski definition) is 2. The van der Waals surface area contributed by atoms with Crippen molar-refractivity contribution in [2.24, 2.45) is 0 Å². The molecule has 2 rings (SSSR count). The van der Waals surface area contributed by atoms with Crippen LogP contribution in [0.25, 0.3) is 0 Å². The highest BCUT2D eigenvalue weighted by Crippen LogP contribution is 2.32. The van der Waals surface area contributed by atoms with Crippen molar-refractivity contribution in [3.63, 3.8) is 0 Å². The van der Waals surface area contributed by atoms with Gasteiger partial charge in [0.25, 0.3) is 0 Å². The molecule has 2 aromatic rings. The molecule has 0 spiro atoms. The topological polar surface area (TPSA) is 17.1 Å². The number of thiophene rings is 1. The molecule has 0 aliphatic rings. The van der Waals surface area contributed by atoms with E-state index in [-0.39, 0.29) is 17.2 Å². The number of halogens is 4. The van der Waals surface area contributed by atoms with E-state index in [0.29, 0.717) is 19.8 Å². The maximum atomic E-state index is 13.2. The van der Waals surface area contributed by atoms with Crippen LogP contribution in [0.1, 0.15) is 15.9 Å². The van der Waals surface area contributed by atoms with Crippen LogP contribution in [0.4, 0.5) is 4.39 Å². The third-order valence-corrected chi connectivity index (χ3v) is 4.10. The van der Waals surface area contributed by atoms with Gasteiger partial charge in [-0.2, -0.15) is 0 Å². The summed E-state index contributed by atoms with van der Waals surface area (Å²) >= 11 is 18.3. The third kappa shape index (κ3) is 3.04. The van der Waals surface area contributed by atoms with E-state index in [9.17, 15) is 9.18 Å². The van der Waals surface area contributed by atoms with E-state index in [1.165, 1.54) is 18.2 Å². The fourth-order valence-electron chi connectivity index (χ4n) is 1.46. The van der Waals surface area contributed by atoms with Gasteiger partial charge in [-0.25, -0.2) is 4.39 Å². The summed E-state index contributed by atoms with van der Waals surface area (Å²) in [5, 5.41) is 0.0304.